The van der Waals surface area contributed by atoms with Gasteiger partial charge in [0.2, 0.25) is 5.91 Å². The van der Waals surface area contributed by atoms with Gasteiger partial charge in [-0.3, -0.25) is 4.79 Å². The highest BCUT2D eigenvalue weighted by Gasteiger charge is 2.23. The van der Waals surface area contributed by atoms with Crippen LogP contribution in [0.2, 0.25) is 0 Å². The van der Waals surface area contributed by atoms with Crippen molar-refractivity contribution in [1.29, 1.82) is 0 Å². The molecule has 0 spiro atoms. The third kappa shape index (κ3) is 5.23. The molecule has 0 radical (unpaired) electrons. The molecular weight excluding hydrogens is 436 g/mol. The van der Waals surface area contributed by atoms with Crippen LogP contribution in [0, 0.1) is 6.92 Å². The van der Waals surface area contributed by atoms with Gasteiger partial charge in [0.25, 0.3) is 0 Å². The van der Waals surface area contributed by atoms with Crippen LogP contribution in [-0.2, 0) is 16.9 Å². The van der Waals surface area contributed by atoms with Gasteiger partial charge in [0.15, 0.2) is 5.16 Å². The van der Waals surface area contributed by atoms with Crippen LogP contribution in [0.5, 0.6) is 0 Å². The zero-order chi connectivity index (χ0) is 20.1. The molecule has 146 valence electrons. The topological polar surface area (TPSA) is 59.8 Å². The van der Waals surface area contributed by atoms with Crippen molar-refractivity contribution >= 4 is 33.6 Å². The molecule has 2 aromatic carbocycles. The van der Waals surface area contributed by atoms with Gasteiger partial charge in [-0.05, 0) is 44.0 Å². The maximum Gasteiger partial charge on any atom is 0.231 e. The van der Waals surface area contributed by atoms with E-state index in [1.165, 1.54) is 17.3 Å². The predicted molar refractivity (Wildman–Crippen MR) is 116 cm³/mol. The second-order valence-electron chi connectivity index (χ2n) is 7.07. The van der Waals surface area contributed by atoms with Gasteiger partial charge < -0.3 is 9.88 Å². The zero-order valence-corrected chi connectivity index (χ0v) is 18.5. The molecule has 3 rings (SSSR count). The summed E-state index contributed by atoms with van der Waals surface area (Å²) in [5.74, 6) is 1.08. The molecule has 1 aromatic heterocycles. The molecule has 5 nitrogen and oxygen atoms in total. The van der Waals surface area contributed by atoms with Crippen molar-refractivity contribution in [2.75, 3.05) is 5.75 Å². The summed E-state index contributed by atoms with van der Waals surface area (Å²) in [4.78, 5) is 12.6. The molecular formula is C21H23BrN4OS. The van der Waals surface area contributed by atoms with E-state index in [1.54, 1.807) is 0 Å². The number of nitrogens with zero attached hydrogens (tertiary/aromatic N) is 3. The Morgan fingerprint density at radius 1 is 1.11 bits per heavy atom. The number of hydrogen-bond donors (Lipinski definition) is 1. The average Bonchev–Trinajstić information content (AvgIpc) is 3.01. The van der Waals surface area contributed by atoms with E-state index >= 15 is 0 Å². The first kappa shape index (κ1) is 20.6. The first-order chi connectivity index (χ1) is 13.3. The molecule has 0 aliphatic rings. The fraction of sp³-hybridized carbons (Fsp3) is 0.286. The number of carbonyl (C=O) groups is 1. The van der Waals surface area contributed by atoms with Crippen molar-refractivity contribution in [2.24, 2.45) is 0 Å². The normalized spacial score (nSPS) is 11.4. The molecule has 0 bridgehead atoms. The number of thioether (sulfide) groups is 1. The van der Waals surface area contributed by atoms with Crippen LogP contribution in [0.1, 0.15) is 30.8 Å². The summed E-state index contributed by atoms with van der Waals surface area (Å²) in [5, 5.41) is 12.3. The van der Waals surface area contributed by atoms with Gasteiger partial charge in [0.1, 0.15) is 5.82 Å². The molecule has 0 saturated heterocycles. The van der Waals surface area contributed by atoms with Crippen LogP contribution in [0.3, 0.4) is 0 Å². The van der Waals surface area contributed by atoms with E-state index in [4.69, 9.17) is 0 Å². The summed E-state index contributed by atoms with van der Waals surface area (Å²) in [6.45, 7) is 6.62. The van der Waals surface area contributed by atoms with Crippen LogP contribution >= 0.6 is 27.7 Å². The summed E-state index contributed by atoms with van der Waals surface area (Å²) in [6.07, 6.45) is 0. The Bertz CT molecular complexity index is 939. The maximum absolute atomic E-state index is 12.6. The lowest BCUT2D eigenvalue weighted by atomic mass is 9.94. The van der Waals surface area contributed by atoms with E-state index in [0.717, 1.165) is 21.0 Å². The van der Waals surface area contributed by atoms with Gasteiger partial charge in [-0.1, -0.05) is 70.2 Å². The minimum Gasteiger partial charge on any atom is -0.346 e. The first-order valence-corrected chi connectivity index (χ1v) is 10.8. The van der Waals surface area contributed by atoms with Crippen molar-refractivity contribution < 1.29 is 4.79 Å². The number of carbonyl (C=O) groups excluding carboxylic acids is 1. The highest BCUT2D eigenvalue weighted by molar-refractivity contribution is 9.10. The first-order valence-electron chi connectivity index (χ1n) is 8.99. The molecule has 0 aliphatic carbocycles. The lowest BCUT2D eigenvalue weighted by molar-refractivity contribution is -0.120. The van der Waals surface area contributed by atoms with E-state index in [1.807, 2.05) is 67.8 Å². The number of amides is 1. The summed E-state index contributed by atoms with van der Waals surface area (Å²) in [5.41, 5.74) is 1.77. The number of halogens is 1. The SMILES string of the molecule is Cc1nnc(SCC(=O)NC(C)(C)c2ccc(Br)cc2)n1Cc1ccccc1. The molecule has 3 aromatic rings. The average molecular weight is 459 g/mol. The summed E-state index contributed by atoms with van der Waals surface area (Å²) < 4.78 is 3.05. The fourth-order valence-corrected chi connectivity index (χ4v) is 3.92. The molecule has 0 atom stereocenters. The largest absolute Gasteiger partial charge is 0.346 e. The lowest BCUT2D eigenvalue weighted by Gasteiger charge is -2.27. The number of benzene rings is 2. The number of hydrogen-bond acceptors (Lipinski definition) is 4. The predicted octanol–water partition coefficient (Wildman–Crippen LogP) is 4.54. The summed E-state index contributed by atoms with van der Waals surface area (Å²) in [6, 6.07) is 18.1. The van der Waals surface area contributed by atoms with E-state index in [2.05, 4.69) is 43.6 Å². The van der Waals surface area contributed by atoms with E-state index in [0.29, 0.717) is 6.54 Å². The summed E-state index contributed by atoms with van der Waals surface area (Å²) >= 11 is 4.84. The number of aryl methyl sites for hydroxylation is 1. The molecule has 1 amide bonds. The maximum atomic E-state index is 12.6. The molecule has 0 unspecified atom stereocenters. The van der Waals surface area contributed by atoms with E-state index in [9.17, 15) is 4.79 Å². The second kappa shape index (κ2) is 8.92. The van der Waals surface area contributed by atoms with Gasteiger partial charge in [-0.2, -0.15) is 0 Å². The Morgan fingerprint density at radius 3 is 2.46 bits per heavy atom. The van der Waals surface area contributed by atoms with Crippen LogP contribution in [0.4, 0.5) is 0 Å². The summed E-state index contributed by atoms with van der Waals surface area (Å²) in [7, 11) is 0. The quantitative estimate of drug-likeness (QED) is 0.527. The van der Waals surface area contributed by atoms with Crippen molar-refractivity contribution in [2.45, 2.75) is 38.0 Å². The monoisotopic (exact) mass is 458 g/mol. The number of rotatable bonds is 7. The highest BCUT2D eigenvalue weighted by atomic mass is 79.9. The molecule has 7 heteroatoms. The molecule has 1 heterocycles. The lowest BCUT2D eigenvalue weighted by Crippen LogP contribution is -2.41. The number of aromatic nitrogens is 3. The second-order valence-corrected chi connectivity index (χ2v) is 8.93. The van der Waals surface area contributed by atoms with Crippen molar-refractivity contribution in [3.05, 3.63) is 76.0 Å². The Hall–Kier alpha value is -2.12. The van der Waals surface area contributed by atoms with Crippen LogP contribution in [0.15, 0.2) is 64.2 Å². The van der Waals surface area contributed by atoms with Gasteiger partial charge in [0.05, 0.1) is 17.8 Å². The van der Waals surface area contributed by atoms with Crippen molar-refractivity contribution in [1.82, 2.24) is 20.1 Å². The fourth-order valence-electron chi connectivity index (χ4n) is 2.87. The van der Waals surface area contributed by atoms with Crippen LogP contribution in [-0.4, -0.2) is 26.4 Å². The van der Waals surface area contributed by atoms with E-state index in [-0.39, 0.29) is 11.7 Å². The highest BCUT2D eigenvalue weighted by Crippen LogP contribution is 2.23. The zero-order valence-electron chi connectivity index (χ0n) is 16.1. The third-order valence-corrected chi connectivity index (χ3v) is 5.93. The van der Waals surface area contributed by atoms with Crippen molar-refractivity contribution in [3.8, 4) is 0 Å². The Labute approximate surface area is 178 Å². The minimum absolute atomic E-state index is 0.0372. The third-order valence-electron chi connectivity index (χ3n) is 4.44. The van der Waals surface area contributed by atoms with Gasteiger partial charge >= 0.3 is 0 Å². The number of nitrogens with one attached hydrogen (secondary N) is 1. The standard InChI is InChI=1S/C21H23BrN4OS/c1-15-24-25-20(26(15)13-16-7-5-4-6-8-16)28-14-19(27)23-21(2,3)17-9-11-18(22)12-10-17/h4-12H,13-14H2,1-3H3,(H,23,27). The van der Waals surface area contributed by atoms with Crippen LogP contribution in [0.25, 0.3) is 0 Å². The van der Waals surface area contributed by atoms with Gasteiger partial charge in [0, 0.05) is 4.47 Å². The Morgan fingerprint density at radius 2 is 1.79 bits per heavy atom. The van der Waals surface area contributed by atoms with Gasteiger partial charge in [-0.25, -0.2) is 0 Å². The van der Waals surface area contributed by atoms with Gasteiger partial charge in [-0.15, -0.1) is 10.2 Å². The minimum atomic E-state index is -0.452. The van der Waals surface area contributed by atoms with E-state index < -0.39 is 5.54 Å². The van der Waals surface area contributed by atoms with Crippen LogP contribution < -0.4 is 5.32 Å². The molecule has 0 saturated carbocycles. The molecule has 28 heavy (non-hydrogen) atoms. The molecule has 0 fully saturated rings. The molecule has 0 aliphatic heterocycles. The Kier molecular flexibility index (Phi) is 6.57. The smallest absolute Gasteiger partial charge is 0.231 e. The Balaban J connectivity index is 1.62. The molecule has 1 N–H and O–H groups in total. The van der Waals surface area contributed by atoms with Crippen molar-refractivity contribution in [3.63, 3.8) is 0 Å².